The van der Waals surface area contributed by atoms with Crippen LogP contribution in [0.3, 0.4) is 0 Å². The predicted molar refractivity (Wildman–Crippen MR) is 112 cm³/mol. The lowest BCUT2D eigenvalue weighted by molar-refractivity contribution is -0.118. The van der Waals surface area contributed by atoms with Crippen molar-refractivity contribution < 1.29 is 14.3 Å². The van der Waals surface area contributed by atoms with Gasteiger partial charge in [0.25, 0.3) is 11.8 Å². The Kier molecular flexibility index (Phi) is 6.63. The number of hydrogen-bond acceptors (Lipinski definition) is 3. The molecule has 5 heteroatoms. The summed E-state index contributed by atoms with van der Waals surface area (Å²) in [7, 11) is 0. The molecule has 3 aromatic rings. The maximum absolute atomic E-state index is 12.3. The number of para-hydroxylation sites is 1. The predicted octanol–water partition coefficient (Wildman–Crippen LogP) is 4.39. The van der Waals surface area contributed by atoms with Gasteiger partial charge in [-0.1, -0.05) is 55.8 Å². The van der Waals surface area contributed by atoms with Crippen molar-refractivity contribution in [3.8, 4) is 5.75 Å². The SMILES string of the molecule is CCCCNC(=O)c1ccccc1NC(=O)COc1ccc2ccccc2c1. The Hall–Kier alpha value is -3.34. The van der Waals surface area contributed by atoms with Crippen LogP contribution in [0.4, 0.5) is 5.69 Å². The number of rotatable bonds is 8. The minimum atomic E-state index is -0.318. The van der Waals surface area contributed by atoms with Crippen LogP contribution in [0.15, 0.2) is 66.7 Å². The molecule has 2 N–H and O–H groups in total. The molecule has 0 heterocycles. The number of nitrogens with one attached hydrogen (secondary N) is 2. The Morgan fingerprint density at radius 2 is 1.68 bits per heavy atom. The van der Waals surface area contributed by atoms with Crippen molar-refractivity contribution >= 4 is 28.3 Å². The molecule has 0 aliphatic heterocycles. The summed E-state index contributed by atoms with van der Waals surface area (Å²) in [6.07, 6.45) is 1.92. The molecule has 0 aliphatic carbocycles. The maximum atomic E-state index is 12.3. The average molecular weight is 376 g/mol. The Labute approximate surface area is 164 Å². The van der Waals surface area contributed by atoms with Crippen molar-refractivity contribution in [1.29, 1.82) is 0 Å². The molecule has 5 nitrogen and oxygen atoms in total. The fraction of sp³-hybridized carbons (Fsp3) is 0.217. The van der Waals surface area contributed by atoms with Crippen molar-refractivity contribution in [1.82, 2.24) is 5.32 Å². The van der Waals surface area contributed by atoms with Gasteiger partial charge in [0.05, 0.1) is 11.3 Å². The second kappa shape index (κ2) is 9.55. The maximum Gasteiger partial charge on any atom is 0.262 e. The van der Waals surface area contributed by atoms with E-state index in [9.17, 15) is 9.59 Å². The molecular weight excluding hydrogens is 352 g/mol. The molecular formula is C23H24N2O3. The van der Waals surface area contributed by atoms with Gasteiger partial charge in [-0.25, -0.2) is 0 Å². The second-order valence-electron chi connectivity index (χ2n) is 6.50. The quantitative estimate of drug-likeness (QED) is 0.573. The van der Waals surface area contributed by atoms with E-state index in [0.717, 1.165) is 23.6 Å². The monoisotopic (exact) mass is 376 g/mol. The van der Waals surface area contributed by atoms with Gasteiger partial charge in [0.1, 0.15) is 5.75 Å². The minimum Gasteiger partial charge on any atom is -0.484 e. The Balaban J connectivity index is 1.60. The number of hydrogen-bond donors (Lipinski definition) is 2. The Morgan fingerprint density at radius 3 is 2.50 bits per heavy atom. The first kappa shape index (κ1) is 19.4. The fourth-order valence-corrected chi connectivity index (χ4v) is 2.86. The highest BCUT2D eigenvalue weighted by molar-refractivity contribution is 6.04. The molecule has 0 fully saturated rings. The molecule has 3 aromatic carbocycles. The van der Waals surface area contributed by atoms with Gasteiger partial charge in [-0.15, -0.1) is 0 Å². The number of carbonyl (C=O) groups excluding carboxylic acids is 2. The van der Waals surface area contributed by atoms with Crippen LogP contribution in [0, 0.1) is 0 Å². The number of unbranched alkanes of at least 4 members (excludes halogenated alkanes) is 1. The summed E-state index contributed by atoms with van der Waals surface area (Å²) in [6, 6.07) is 20.6. The van der Waals surface area contributed by atoms with Crippen molar-refractivity contribution in [2.24, 2.45) is 0 Å². The Morgan fingerprint density at radius 1 is 0.929 bits per heavy atom. The van der Waals surface area contributed by atoms with Gasteiger partial charge in [0.15, 0.2) is 6.61 Å². The number of benzene rings is 3. The molecule has 0 atom stereocenters. The van der Waals surface area contributed by atoms with Crippen LogP contribution in [0.25, 0.3) is 10.8 Å². The van der Waals surface area contributed by atoms with E-state index < -0.39 is 0 Å². The van der Waals surface area contributed by atoms with E-state index in [1.54, 1.807) is 24.3 Å². The third kappa shape index (κ3) is 5.10. The van der Waals surface area contributed by atoms with Crippen molar-refractivity contribution in [3.63, 3.8) is 0 Å². The molecule has 2 amide bonds. The van der Waals surface area contributed by atoms with Crippen LogP contribution < -0.4 is 15.4 Å². The zero-order valence-corrected chi connectivity index (χ0v) is 15.9. The van der Waals surface area contributed by atoms with Crippen LogP contribution in [0.1, 0.15) is 30.1 Å². The van der Waals surface area contributed by atoms with E-state index in [4.69, 9.17) is 4.74 Å². The largest absolute Gasteiger partial charge is 0.484 e. The zero-order chi connectivity index (χ0) is 19.8. The fourth-order valence-electron chi connectivity index (χ4n) is 2.86. The van der Waals surface area contributed by atoms with Crippen LogP contribution >= 0.6 is 0 Å². The van der Waals surface area contributed by atoms with Crippen LogP contribution in [0.5, 0.6) is 5.75 Å². The van der Waals surface area contributed by atoms with Gasteiger partial charge in [-0.05, 0) is 41.5 Å². The van der Waals surface area contributed by atoms with Gasteiger partial charge in [0.2, 0.25) is 0 Å². The van der Waals surface area contributed by atoms with E-state index in [0.29, 0.717) is 23.5 Å². The van der Waals surface area contributed by atoms with Gasteiger partial charge in [-0.3, -0.25) is 9.59 Å². The standard InChI is InChI=1S/C23H24N2O3/c1-2-3-14-24-23(27)20-10-6-7-11-21(20)25-22(26)16-28-19-13-12-17-8-4-5-9-18(17)15-19/h4-13,15H,2-3,14,16H2,1H3,(H,24,27)(H,25,26). The lowest BCUT2D eigenvalue weighted by Crippen LogP contribution is -2.27. The molecule has 0 aliphatic rings. The number of fused-ring (bicyclic) bond motifs is 1. The molecule has 0 saturated heterocycles. The third-order valence-electron chi connectivity index (χ3n) is 4.35. The molecule has 0 saturated carbocycles. The zero-order valence-electron chi connectivity index (χ0n) is 15.9. The Bertz CT molecular complexity index is 969. The van der Waals surface area contributed by atoms with Gasteiger partial charge in [-0.2, -0.15) is 0 Å². The number of ether oxygens (including phenoxy) is 1. The summed E-state index contributed by atoms with van der Waals surface area (Å²) in [5.41, 5.74) is 0.918. The smallest absolute Gasteiger partial charge is 0.262 e. The summed E-state index contributed by atoms with van der Waals surface area (Å²) in [6.45, 7) is 2.54. The number of carbonyl (C=O) groups is 2. The van der Waals surface area contributed by atoms with Crippen molar-refractivity contribution in [3.05, 3.63) is 72.3 Å². The molecule has 3 rings (SSSR count). The summed E-state index contributed by atoms with van der Waals surface area (Å²) in [5, 5.41) is 7.80. The van der Waals surface area contributed by atoms with E-state index >= 15 is 0 Å². The first-order valence-electron chi connectivity index (χ1n) is 9.46. The van der Waals surface area contributed by atoms with Gasteiger partial charge in [0, 0.05) is 6.54 Å². The molecule has 0 bridgehead atoms. The van der Waals surface area contributed by atoms with Crippen molar-refractivity contribution in [2.45, 2.75) is 19.8 Å². The first-order valence-corrected chi connectivity index (χ1v) is 9.46. The first-order chi connectivity index (χ1) is 13.7. The normalized spacial score (nSPS) is 10.5. The molecule has 0 spiro atoms. The highest BCUT2D eigenvalue weighted by atomic mass is 16.5. The molecule has 144 valence electrons. The lowest BCUT2D eigenvalue weighted by atomic mass is 10.1. The molecule has 0 aromatic heterocycles. The number of anilines is 1. The summed E-state index contributed by atoms with van der Waals surface area (Å²) >= 11 is 0. The highest BCUT2D eigenvalue weighted by Crippen LogP contribution is 2.21. The number of amides is 2. The van der Waals surface area contributed by atoms with Gasteiger partial charge < -0.3 is 15.4 Å². The molecule has 0 radical (unpaired) electrons. The summed E-state index contributed by atoms with van der Waals surface area (Å²) in [4.78, 5) is 24.6. The van der Waals surface area contributed by atoms with Gasteiger partial charge >= 0.3 is 0 Å². The topological polar surface area (TPSA) is 67.4 Å². The highest BCUT2D eigenvalue weighted by Gasteiger charge is 2.13. The minimum absolute atomic E-state index is 0.135. The van der Waals surface area contributed by atoms with Crippen LogP contribution in [-0.4, -0.2) is 25.0 Å². The summed E-state index contributed by atoms with van der Waals surface area (Å²) < 4.78 is 5.62. The van der Waals surface area contributed by atoms with E-state index in [-0.39, 0.29) is 18.4 Å². The van der Waals surface area contributed by atoms with Crippen LogP contribution in [-0.2, 0) is 4.79 Å². The lowest BCUT2D eigenvalue weighted by Gasteiger charge is -2.12. The molecule has 0 unspecified atom stereocenters. The second-order valence-corrected chi connectivity index (χ2v) is 6.50. The van der Waals surface area contributed by atoms with E-state index in [2.05, 4.69) is 17.6 Å². The third-order valence-corrected chi connectivity index (χ3v) is 4.35. The molecule has 28 heavy (non-hydrogen) atoms. The van der Waals surface area contributed by atoms with E-state index in [1.165, 1.54) is 0 Å². The average Bonchev–Trinajstić information content (AvgIpc) is 2.72. The summed E-state index contributed by atoms with van der Waals surface area (Å²) in [5.74, 6) is 0.112. The van der Waals surface area contributed by atoms with Crippen LogP contribution in [0.2, 0.25) is 0 Å². The van der Waals surface area contributed by atoms with E-state index in [1.807, 2.05) is 42.5 Å². The van der Waals surface area contributed by atoms with Crippen molar-refractivity contribution in [2.75, 3.05) is 18.5 Å².